The van der Waals surface area contributed by atoms with Crippen LogP contribution in [0.3, 0.4) is 0 Å². The Hall–Kier alpha value is -3.35. The van der Waals surface area contributed by atoms with Crippen molar-refractivity contribution >= 4 is 23.4 Å². The smallest absolute Gasteiger partial charge is 0.258 e. The molecule has 2 aliphatic heterocycles. The molecule has 0 saturated carbocycles. The molecule has 7 nitrogen and oxygen atoms in total. The highest BCUT2D eigenvalue weighted by molar-refractivity contribution is 6.00. The van der Waals surface area contributed by atoms with E-state index in [4.69, 9.17) is 4.74 Å². The molecule has 1 fully saturated rings. The van der Waals surface area contributed by atoms with Gasteiger partial charge in [0, 0.05) is 38.2 Å². The molecule has 2 aliphatic rings. The van der Waals surface area contributed by atoms with Crippen molar-refractivity contribution in [1.82, 2.24) is 9.80 Å². The number of likely N-dealkylation sites (tertiary alicyclic amines) is 1. The first-order valence-electron chi connectivity index (χ1n) is 11.2. The van der Waals surface area contributed by atoms with Gasteiger partial charge in [0.25, 0.3) is 5.91 Å². The molecule has 0 radical (unpaired) electrons. The molecular weight excluding hydrogens is 406 g/mol. The first-order chi connectivity index (χ1) is 15.5. The van der Waals surface area contributed by atoms with Crippen LogP contribution in [0.25, 0.3) is 0 Å². The van der Waals surface area contributed by atoms with Crippen LogP contribution in [0.4, 0.5) is 5.69 Å². The lowest BCUT2D eigenvalue weighted by Crippen LogP contribution is -2.53. The minimum absolute atomic E-state index is 0.000222. The van der Waals surface area contributed by atoms with Crippen molar-refractivity contribution < 1.29 is 19.1 Å². The van der Waals surface area contributed by atoms with Crippen LogP contribution >= 0.6 is 0 Å². The van der Waals surface area contributed by atoms with Crippen LogP contribution in [0, 0.1) is 0 Å². The van der Waals surface area contributed by atoms with Crippen LogP contribution in [0.1, 0.15) is 47.7 Å². The predicted octanol–water partition coefficient (Wildman–Crippen LogP) is 3.23. The number of rotatable bonds is 5. The molecule has 2 heterocycles. The molecule has 0 spiro atoms. The van der Waals surface area contributed by atoms with Crippen molar-refractivity contribution in [2.75, 3.05) is 25.5 Å². The number of methoxy groups -OCH3 is 1. The molecule has 1 saturated heterocycles. The highest BCUT2D eigenvalue weighted by Crippen LogP contribution is 2.31. The number of hydrogen-bond acceptors (Lipinski definition) is 4. The Bertz CT molecular complexity index is 1030. The second-order valence-electron chi connectivity index (χ2n) is 8.27. The molecule has 7 heteroatoms. The maximum Gasteiger partial charge on any atom is 0.258 e. The number of carbonyl (C=O) groups excluding carboxylic acids is 3. The summed E-state index contributed by atoms with van der Waals surface area (Å²) in [7, 11) is 1.53. The molecule has 0 unspecified atom stereocenters. The van der Waals surface area contributed by atoms with Crippen molar-refractivity contribution in [3.05, 3.63) is 59.2 Å². The SMILES string of the molecule is CCC(=O)Nc1ccc2c(c1)CN(C(=O)c1ccccc1OC)[C@@H](C(=O)N1CCCC1)C2. The normalized spacial score (nSPS) is 17.6. The summed E-state index contributed by atoms with van der Waals surface area (Å²) in [5, 5.41) is 2.88. The van der Waals surface area contributed by atoms with E-state index in [1.54, 1.807) is 30.0 Å². The number of carbonyl (C=O) groups is 3. The maximum absolute atomic E-state index is 13.6. The van der Waals surface area contributed by atoms with Gasteiger partial charge < -0.3 is 19.9 Å². The van der Waals surface area contributed by atoms with Crippen molar-refractivity contribution in [1.29, 1.82) is 0 Å². The molecule has 4 rings (SSSR count). The lowest BCUT2D eigenvalue weighted by atomic mass is 9.91. The van der Waals surface area contributed by atoms with E-state index < -0.39 is 6.04 Å². The van der Waals surface area contributed by atoms with Crippen LogP contribution in [0.15, 0.2) is 42.5 Å². The van der Waals surface area contributed by atoms with Crippen molar-refractivity contribution in [2.24, 2.45) is 0 Å². The van der Waals surface area contributed by atoms with Gasteiger partial charge in [-0.25, -0.2) is 0 Å². The summed E-state index contributed by atoms with van der Waals surface area (Å²) in [5.74, 6) is 0.192. The fourth-order valence-electron chi connectivity index (χ4n) is 4.47. The van der Waals surface area contributed by atoms with E-state index in [0.29, 0.717) is 36.4 Å². The molecular formula is C25H29N3O4. The van der Waals surface area contributed by atoms with Gasteiger partial charge >= 0.3 is 0 Å². The third-order valence-electron chi connectivity index (χ3n) is 6.24. The summed E-state index contributed by atoms with van der Waals surface area (Å²) in [6.07, 6.45) is 2.83. The lowest BCUT2D eigenvalue weighted by molar-refractivity contribution is -0.135. The van der Waals surface area contributed by atoms with Crippen LogP contribution in [0.2, 0.25) is 0 Å². The monoisotopic (exact) mass is 435 g/mol. The predicted molar refractivity (Wildman–Crippen MR) is 122 cm³/mol. The van der Waals surface area contributed by atoms with Crippen LogP contribution in [0.5, 0.6) is 5.75 Å². The van der Waals surface area contributed by atoms with Crippen molar-refractivity contribution in [3.63, 3.8) is 0 Å². The summed E-state index contributed by atoms with van der Waals surface area (Å²) in [6, 6.07) is 12.3. The van der Waals surface area contributed by atoms with E-state index in [1.807, 2.05) is 29.2 Å². The summed E-state index contributed by atoms with van der Waals surface area (Å²) in [6.45, 7) is 3.57. The topological polar surface area (TPSA) is 79.0 Å². The summed E-state index contributed by atoms with van der Waals surface area (Å²) >= 11 is 0. The van der Waals surface area contributed by atoms with Gasteiger partial charge in [0.15, 0.2) is 0 Å². The van der Waals surface area contributed by atoms with Crippen LogP contribution in [-0.2, 0) is 22.6 Å². The largest absolute Gasteiger partial charge is 0.496 e. The van der Waals surface area contributed by atoms with E-state index in [2.05, 4.69) is 5.32 Å². The minimum Gasteiger partial charge on any atom is -0.496 e. The molecule has 1 N–H and O–H groups in total. The fourth-order valence-corrected chi connectivity index (χ4v) is 4.47. The Kier molecular flexibility index (Phi) is 6.44. The zero-order valence-electron chi connectivity index (χ0n) is 18.6. The van der Waals surface area contributed by atoms with E-state index >= 15 is 0 Å². The Labute approximate surface area is 188 Å². The minimum atomic E-state index is -0.561. The molecule has 32 heavy (non-hydrogen) atoms. The van der Waals surface area contributed by atoms with E-state index in [-0.39, 0.29) is 17.7 Å². The van der Waals surface area contributed by atoms with Gasteiger partial charge in [0.2, 0.25) is 11.8 Å². The Balaban J connectivity index is 1.69. The summed E-state index contributed by atoms with van der Waals surface area (Å²) in [5.41, 5.74) is 3.10. The highest BCUT2D eigenvalue weighted by Gasteiger charge is 2.38. The van der Waals surface area contributed by atoms with E-state index in [9.17, 15) is 14.4 Å². The first-order valence-corrected chi connectivity index (χ1v) is 11.2. The molecule has 2 aromatic rings. The zero-order chi connectivity index (χ0) is 22.7. The summed E-state index contributed by atoms with van der Waals surface area (Å²) in [4.78, 5) is 42.4. The number of ether oxygens (including phenoxy) is 1. The molecule has 168 valence electrons. The molecule has 3 amide bonds. The van der Waals surface area contributed by atoms with Gasteiger partial charge in [-0.2, -0.15) is 0 Å². The number of nitrogens with zero attached hydrogens (tertiary/aromatic N) is 2. The standard InChI is InChI=1S/C25H29N3O4/c1-3-23(29)26-19-11-10-17-15-21(25(31)27-12-6-7-13-27)28(16-18(17)14-19)24(30)20-8-4-5-9-22(20)32-2/h4-5,8-11,14,21H,3,6-7,12-13,15-16H2,1-2H3,(H,26,29)/t21-/m1/s1. The Morgan fingerprint density at radius 1 is 1.06 bits per heavy atom. The van der Waals surface area contributed by atoms with Gasteiger partial charge in [0.05, 0.1) is 12.7 Å². The number of fused-ring (bicyclic) bond motifs is 1. The lowest BCUT2D eigenvalue weighted by Gasteiger charge is -2.38. The molecule has 1 atom stereocenters. The van der Waals surface area contributed by atoms with Gasteiger partial charge in [-0.1, -0.05) is 25.1 Å². The molecule has 0 aromatic heterocycles. The number of amides is 3. The first kappa shape index (κ1) is 21.9. The maximum atomic E-state index is 13.6. The molecule has 0 bridgehead atoms. The van der Waals surface area contributed by atoms with Gasteiger partial charge in [-0.05, 0) is 48.2 Å². The van der Waals surface area contributed by atoms with Gasteiger partial charge in [-0.15, -0.1) is 0 Å². The van der Waals surface area contributed by atoms with Gasteiger partial charge in [0.1, 0.15) is 11.8 Å². The molecule has 0 aliphatic carbocycles. The number of nitrogens with one attached hydrogen (secondary N) is 1. The number of benzene rings is 2. The second-order valence-corrected chi connectivity index (χ2v) is 8.27. The van der Waals surface area contributed by atoms with Crippen molar-refractivity contribution in [3.8, 4) is 5.75 Å². The highest BCUT2D eigenvalue weighted by atomic mass is 16.5. The van der Waals surface area contributed by atoms with Crippen LogP contribution in [-0.4, -0.2) is 53.8 Å². The fraction of sp³-hybridized carbons (Fsp3) is 0.400. The Morgan fingerprint density at radius 2 is 1.81 bits per heavy atom. The Morgan fingerprint density at radius 3 is 2.53 bits per heavy atom. The zero-order valence-corrected chi connectivity index (χ0v) is 18.6. The third kappa shape index (κ3) is 4.33. The average molecular weight is 436 g/mol. The number of anilines is 1. The molecule has 2 aromatic carbocycles. The summed E-state index contributed by atoms with van der Waals surface area (Å²) < 4.78 is 5.41. The number of hydrogen-bond donors (Lipinski definition) is 1. The number of para-hydroxylation sites is 1. The average Bonchev–Trinajstić information content (AvgIpc) is 3.37. The third-order valence-corrected chi connectivity index (χ3v) is 6.24. The van der Waals surface area contributed by atoms with E-state index in [1.165, 1.54) is 7.11 Å². The quantitative estimate of drug-likeness (QED) is 0.782. The van der Waals surface area contributed by atoms with E-state index in [0.717, 1.165) is 37.1 Å². The van der Waals surface area contributed by atoms with Crippen molar-refractivity contribution in [2.45, 2.75) is 45.2 Å². The van der Waals surface area contributed by atoms with Gasteiger partial charge in [-0.3, -0.25) is 14.4 Å². The van der Waals surface area contributed by atoms with Crippen LogP contribution < -0.4 is 10.1 Å². The second kappa shape index (κ2) is 9.42.